The van der Waals surface area contributed by atoms with Crippen LogP contribution in [0.2, 0.25) is 0 Å². The molecule has 2 N–H and O–H groups in total. The standard InChI is InChI=1S/C18H24N2O6/c1-4-9-19-18(24)12(2)20-16(22)10-26-17(23)11-25-15-7-5-14(6-8-15)13(3)21/h5-8,12H,4,9-11H2,1-3H3,(H,19,24)(H,20,22)/t12-/m0/s1. The number of carbonyl (C=O) groups is 4. The first-order valence-corrected chi connectivity index (χ1v) is 8.30. The molecule has 0 aromatic heterocycles. The Balaban J connectivity index is 2.29. The first-order chi connectivity index (χ1) is 12.3. The van der Waals surface area contributed by atoms with Gasteiger partial charge in [-0.2, -0.15) is 0 Å². The first kappa shape index (κ1) is 21.1. The van der Waals surface area contributed by atoms with E-state index in [1.165, 1.54) is 6.92 Å². The summed E-state index contributed by atoms with van der Waals surface area (Å²) >= 11 is 0. The highest BCUT2D eigenvalue weighted by molar-refractivity contribution is 5.94. The molecule has 26 heavy (non-hydrogen) atoms. The Bertz CT molecular complexity index is 642. The lowest BCUT2D eigenvalue weighted by molar-refractivity contribution is -0.150. The van der Waals surface area contributed by atoms with E-state index >= 15 is 0 Å². The van der Waals surface area contributed by atoms with E-state index in [0.717, 1.165) is 6.42 Å². The fraction of sp³-hybridized carbons (Fsp3) is 0.444. The van der Waals surface area contributed by atoms with Gasteiger partial charge in [-0.05, 0) is 44.5 Å². The van der Waals surface area contributed by atoms with Crippen LogP contribution < -0.4 is 15.4 Å². The van der Waals surface area contributed by atoms with E-state index in [-0.39, 0.29) is 18.3 Å². The number of ketones is 1. The minimum atomic E-state index is -0.723. The Morgan fingerprint density at radius 2 is 1.73 bits per heavy atom. The lowest BCUT2D eigenvalue weighted by Gasteiger charge is -2.14. The topological polar surface area (TPSA) is 111 Å². The summed E-state index contributed by atoms with van der Waals surface area (Å²) in [6.45, 7) is 4.56. The second kappa shape index (κ2) is 10.9. The van der Waals surface area contributed by atoms with Crippen molar-refractivity contribution in [1.29, 1.82) is 0 Å². The largest absolute Gasteiger partial charge is 0.482 e. The van der Waals surface area contributed by atoms with Gasteiger partial charge in [0.2, 0.25) is 5.91 Å². The summed E-state index contributed by atoms with van der Waals surface area (Å²) in [5, 5.41) is 5.08. The second-order valence-electron chi connectivity index (χ2n) is 5.61. The molecule has 8 nitrogen and oxygen atoms in total. The average Bonchev–Trinajstić information content (AvgIpc) is 2.62. The smallest absolute Gasteiger partial charge is 0.344 e. The number of rotatable bonds is 10. The molecule has 0 aliphatic heterocycles. The summed E-state index contributed by atoms with van der Waals surface area (Å²) in [6, 6.07) is 5.58. The fourth-order valence-corrected chi connectivity index (χ4v) is 1.87. The van der Waals surface area contributed by atoms with Crippen molar-refractivity contribution >= 4 is 23.6 Å². The number of hydrogen-bond donors (Lipinski definition) is 2. The van der Waals surface area contributed by atoms with Crippen LogP contribution in [0.15, 0.2) is 24.3 Å². The SMILES string of the molecule is CCCNC(=O)[C@H](C)NC(=O)COC(=O)COc1ccc(C(C)=O)cc1. The summed E-state index contributed by atoms with van der Waals surface area (Å²) in [5.74, 6) is -1.27. The third-order valence-corrected chi connectivity index (χ3v) is 3.30. The molecular weight excluding hydrogens is 340 g/mol. The minimum Gasteiger partial charge on any atom is -0.482 e. The van der Waals surface area contributed by atoms with Gasteiger partial charge >= 0.3 is 5.97 Å². The molecule has 0 radical (unpaired) electrons. The van der Waals surface area contributed by atoms with Crippen LogP contribution in [0.25, 0.3) is 0 Å². The van der Waals surface area contributed by atoms with Gasteiger partial charge in [0.05, 0.1) is 0 Å². The number of nitrogens with one attached hydrogen (secondary N) is 2. The van der Waals surface area contributed by atoms with E-state index in [0.29, 0.717) is 17.9 Å². The summed E-state index contributed by atoms with van der Waals surface area (Å²) in [7, 11) is 0. The molecule has 0 heterocycles. The van der Waals surface area contributed by atoms with E-state index in [9.17, 15) is 19.2 Å². The second-order valence-corrected chi connectivity index (χ2v) is 5.61. The van der Waals surface area contributed by atoms with Gasteiger partial charge < -0.3 is 20.1 Å². The van der Waals surface area contributed by atoms with Crippen LogP contribution in [0.3, 0.4) is 0 Å². The Hall–Kier alpha value is -2.90. The molecule has 0 aliphatic carbocycles. The molecule has 0 saturated carbocycles. The van der Waals surface area contributed by atoms with Crippen molar-refractivity contribution in [2.75, 3.05) is 19.8 Å². The van der Waals surface area contributed by atoms with Crippen molar-refractivity contribution in [2.24, 2.45) is 0 Å². The normalized spacial score (nSPS) is 11.2. The van der Waals surface area contributed by atoms with Crippen molar-refractivity contribution in [1.82, 2.24) is 10.6 Å². The maximum atomic E-state index is 11.7. The van der Waals surface area contributed by atoms with Crippen molar-refractivity contribution in [3.05, 3.63) is 29.8 Å². The van der Waals surface area contributed by atoms with Crippen LogP contribution in [-0.2, 0) is 19.1 Å². The summed E-state index contributed by atoms with van der Waals surface area (Å²) in [6.07, 6.45) is 0.793. The number of carbonyl (C=O) groups excluding carboxylic acids is 4. The maximum absolute atomic E-state index is 11.7. The fourth-order valence-electron chi connectivity index (χ4n) is 1.87. The zero-order valence-electron chi connectivity index (χ0n) is 15.2. The predicted molar refractivity (Wildman–Crippen MR) is 93.8 cm³/mol. The highest BCUT2D eigenvalue weighted by atomic mass is 16.6. The summed E-state index contributed by atoms with van der Waals surface area (Å²) in [4.78, 5) is 46.1. The molecule has 0 aliphatic rings. The Kier molecular flexibility index (Phi) is 8.83. The Morgan fingerprint density at radius 1 is 1.08 bits per heavy atom. The third kappa shape index (κ3) is 7.78. The molecule has 1 rings (SSSR count). The van der Waals surface area contributed by atoms with Gasteiger partial charge in [-0.1, -0.05) is 6.92 Å². The lowest BCUT2D eigenvalue weighted by atomic mass is 10.1. The zero-order chi connectivity index (χ0) is 19.5. The van der Waals surface area contributed by atoms with Gasteiger partial charge in [-0.15, -0.1) is 0 Å². The number of hydrogen-bond acceptors (Lipinski definition) is 6. The Morgan fingerprint density at radius 3 is 2.31 bits per heavy atom. The zero-order valence-corrected chi connectivity index (χ0v) is 15.2. The van der Waals surface area contributed by atoms with Gasteiger partial charge in [0.25, 0.3) is 5.91 Å². The van der Waals surface area contributed by atoms with E-state index in [1.807, 2.05) is 6.92 Å². The lowest BCUT2D eigenvalue weighted by Crippen LogP contribution is -2.46. The molecule has 0 fully saturated rings. The van der Waals surface area contributed by atoms with Crippen molar-refractivity contribution in [3.63, 3.8) is 0 Å². The van der Waals surface area contributed by atoms with Crippen LogP contribution in [0.5, 0.6) is 5.75 Å². The predicted octanol–water partition coefficient (Wildman–Crippen LogP) is 0.842. The van der Waals surface area contributed by atoms with E-state index in [4.69, 9.17) is 9.47 Å². The number of Topliss-reactive ketones (excluding diaryl/α,β-unsaturated/α-hetero) is 1. The first-order valence-electron chi connectivity index (χ1n) is 8.30. The monoisotopic (exact) mass is 364 g/mol. The number of benzene rings is 1. The van der Waals surface area contributed by atoms with Gasteiger partial charge in [0.15, 0.2) is 19.0 Å². The highest BCUT2D eigenvalue weighted by Crippen LogP contribution is 2.12. The molecule has 142 valence electrons. The molecule has 1 aromatic rings. The van der Waals surface area contributed by atoms with Crippen LogP contribution in [0.4, 0.5) is 0 Å². The molecule has 0 spiro atoms. The van der Waals surface area contributed by atoms with E-state index in [2.05, 4.69) is 10.6 Å². The minimum absolute atomic E-state index is 0.0698. The molecule has 8 heteroatoms. The molecule has 0 bridgehead atoms. The third-order valence-electron chi connectivity index (χ3n) is 3.30. The molecule has 0 unspecified atom stereocenters. The van der Waals surface area contributed by atoms with Crippen LogP contribution >= 0.6 is 0 Å². The number of esters is 1. The molecular formula is C18H24N2O6. The van der Waals surface area contributed by atoms with Gasteiger partial charge in [0, 0.05) is 12.1 Å². The van der Waals surface area contributed by atoms with Crippen LogP contribution in [0, 0.1) is 0 Å². The highest BCUT2D eigenvalue weighted by Gasteiger charge is 2.16. The van der Waals surface area contributed by atoms with Crippen LogP contribution in [0.1, 0.15) is 37.6 Å². The summed E-state index contributed by atoms with van der Waals surface area (Å²) in [5.41, 5.74) is 0.536. The maximum Gasteiger partial charge on any atom is 0.344 e. The van der Waals surface area contributed by atoms with Crippen LogP contribution in [-0.4, -0.2) is 49.4 Å². The molecule has 2 amide bonds. The van der Waals surface area contributed by atoms with E-state index in [1.54, 1.807) is 31.2 Å². The molecule has 1 atom stereocenters. The van der Waals surface area contributed by atoms with Crippen molar-refractivity contribution in [2.45, 2.75) is 33.2 Å². The quantitative estimate of drug-likeness (QED) is 0.470. The number of amides is 2. The number of ether oxygens (including phenoxy) is 2. The van der Waals surface area contributed by atoms with Gasteiger partial charge in [-0.25, -0.2) is 4.79 Å². The van der Waals surface area contributed by atoms with Crippen molar-refractivity contribution in [3.8, 4) is 5.75 Å². The van der Waals surface area contributed by atoms with Gasteiger partial charge in [-0.3, -0.25) is 14.4 Å². The summed E-state index contributed by atoms with van der Waals surface area (Å²) < 4.78 is 10.0. The average molecular weight is 364 g/mol. The molecule has 1 aromatic carbocycles. The molecule has 0 saturated heterocycles. The van der Waals surface area contributed by atoms with E-state index < -0.39 is 24.5 Å². The Labute approximate surface area is 152 Å². The van der Waals surface area contributed by atoms with Gasteiger partial charge in [0.1, 0.15) is 11.8 Å². The van der Waals surface area contributed by atoms with Crippen molar-refractivity contribution < 1.29 is 28.7 Å².